The lowest BCUT2D eigenvalue weighted by molar-refractivity contribution is -0.384. The average Bonchev–Trinajstić information content (AvgIpc) is 3.31. The lowest BCUT2D eigenvalue weighted by Gasteiger charge is -2.58. The summed E-state index contributed by atoms with van der Waals surface area (Å²) in [6.07, 6.45) is 9.11. The normalized spacial score (nSPS) is 22.5. The number of allylic oxidation sites excluding steroid dienone is 1. The number of thioether (sulfide) groups is 1. The quantitative estimate of drug-likeness (QED) is 0.0297. The highest BCUT2D eigenvalue weighted by Gasteiger charge is 2.64. The predicted octanol–water partition coefficient (Wildman–Crippen LogP) is 11.1. The van der Waals surface area contributed by atoms with Crippen LogP contribution in [-0.4, -0.2) is 57.6 Å². The van der Waals surface area contributed by atoms with Gasteiger partial charge in [-0.2, -0.15) is 0 Å². The number of oxime groups is 1. The Bertz CT molecular complexity index is 2550. The van der Waals surface area contributed by atoms with Gasteiger partial charge in [-0.1, -0.05) is 60.5 Å². The summed E-state index contributed by atoms with van der Waals surface area (Å²) in [5.41, 5.74) is 4.14. The molecule has 1 amide bonds. The van der Waals surface area contributed by atoms with E-state index in [1.165, 1.54) is 19.1 Å². The fourth-order valence-electron chi connectivity index (χ4n) is 9.74. The van der Waals surface area contributed by atoms with Crippen LogP contribution in [0.1, 0.15) is 68.9 Å². The summed E-state index contributed by atoms with van der Waals surface area (Å²) in [5.74, 6) is 0.329. The third-order valence-electron chi connectivity index (χ3n) is 12.6. The van der Waals surface area contributed by atoms with Crippen LogP contribution in [0.25, 0.3) is 10.8 Å². The lowest BCUT2D eigenvalue weighted by Crippen LogP contribution is -2.64. The maximum absolute atomic E-state index is 11.9. The van der Waals surface area contributed by atoms with Crippen molar-refractivity contribution in [2.24, 2.45) is 22.9 Å². The Hall–Kier alpha value is -5.99. The van der Waals surface area contributed by atoms with E-state index in [2.05, 4.69) is 42.2 Å². The van der Waals surface area contributed by atoms with Gasteiger partial charge in [0.2, 0.25) is 11.7 Å². The van der Waals surface area contributed by atoms with Crippen molar-refractivity contribution in [3.05, 3.63) is 155 Å². The molecule has 0 saturated heterocycles. The number of nitrogens with zero attached hydrogens (tertiary/aromatic N) is 2. The molecule has 0 spiro atoms. The second kappa shape index (κ2) is 20.9. The highest BCUT2D eigenvalue weighted by atomic mass is 32.2. The lowest BCUT2D eigenvalue weighted by atomic mass is 9.56. The Morgan fingerprint density at radius 2 is 1.66 bits per heavy atom. The van der Waals surface area contributed by atoms with Gasteiger partial charge in [0.15, 0.2) is 0 Å². The molecule has 0 unspecified atom stereocenters. The number of unbranched alkanes of at least 4 members (excludes halogenated alkanes) is 2. The monoisotopic (exact) mass is 897 g/mol. The van der Waals surface area contributed by atoms with Crippen molar-refractivity contribution < 1.29 is 39.0 Å². The minimum absolute atomic E-state index is 0.00392. The smallest absolute Gasteiger partial charge is 0.269 e. The molecule has 1 aliphatic heterocycles. The molecule has 5 aromatic rings. The Morgan fingerprint density at radius 3 is 2.38 bits per heavy atom. The molecule has 65 heavy (non-hydrogen) atoms. The first-order valence-electron chi connectivity index (χ1n) is 22.3. The number of nitrogens with one attached hydrogen (secondary N) is 1. The van der Waals surface area contributed by atoms with Crippen LogP contribution in [0.4, 0.5) is 11.4 Å². The maximum atomic E-state index is 11.9. The first kappa shape index (κ1) is 45.6. The number of anilines is 1. The summed E-state index contributed by atoms with van der Waals surface area (Å²) in [7, 11) is 0. The molecule has 1 heterocycles. The number of amides is 1. The summed E-state index contributed by atoms with van der Waals surface area (Å²) in [6.45, 7) is 6.03. The van der Waals surface area contributed by atoms with Crippen molar-refractivity contribution in [2.45, 2.75) is 80.3 Å². The van der Waals surface area contributed by atoms with Crippen molar-refractivity contribution in [2.75, 3.05) is 25.1 Å². The number of fused-ring (bicyclic) bond motifs is 3. The zero-order valence-electron chi connectivity index (χ0n) is 36.5. The van der Waals surface area contributed by atoms with Crippen LogP contribution in [0, 0.1) is 27.9 Å². The SMILES string of the molecule is C=CCO[C@@]12Oc3ccc(Oc4ccc5ccccc5c4)cc3[C@H]3[C@H](CCCCO)[C@@H](CCCCO)C=C(C(=NOCc4ccc([N+](=O)[O-])cc4)C[C@@H]1Sc1ccc(NC(C)=O)cc1)[C@H]32. The minimum atomic E-state index is -1.22. The Kier molecular flexibility index (Phi) is 14.6. The number of ether oxygens (including phenoxy) is 3. The number of carbonyl (C=O) groups excluding carboxylic acids is 1. The van der Waals surface area contributed by atoms with Crippen LogP contribution < -0.4 is 14.8 Å². The van der Waals surface area contributed by atoms with Crippen LogP contribution in [0.15, 0.2) is 144 Å². The summed E-state index contributed by atoms with van der Waals surface area (Å²) in [4.78, 5) is 29.9. The van der Waals surface area contributed by atoms with Gasteiger partial charge < -0.3 is 34.6 Å². The minimum Gasteiger partial charge on any atom is -0.460 e. The molecule has 338 valence electrons. The van der Waals surface area contributed by atoms with Gasteiger partial charge in [-0.3, -0.25) is 14.9 Å². The number of rotatable bonds is 20. The number of carbonyl (C=O) groups is 1. The van der Waals surface area contributed by atoms with Crippen molar-refractivity contribution in [3.63, 3.8) is 0 Å². The van der Waals surface area contributed by atoms with Crippen LogP contribution in [-0.2, 0) is 21.0 Å². The van der Waals surface area contributed by atoms with E-state index in [0.717, 1.165) is 63.8 Å². The molecular formula is C52H55N3O9S. The van der Waals surface area contributed by atoms with Gasteiger partial charge in [-0.25, -0.2) is 0 Å². The fraction of sp³-hybridized carbons (Fsp3) is 0.346. The standard InChI is InChI=1S/C52H55N3O9S/c1-3-28-61-52-49(65-43-23-17-39(18-24-43)53-34(2)58)32-47(54-62-33-35-14-19-40(20-15-35)55(59)60)45-30-38(12-6-8-26-56)44(13-7-9-27-57)50(51(45)52)46-31-42(22-25-48(46)64-52)63-41-21-16-36-10-4-5-11-37(36)29-41/h3-5,10-11,14-25,29-31,38,44,49-51,56-57H,1,6-9,12-13,26-28,32-33H2,2H3,(H,53,58)/t38-,44+,49-,50+,51+,52+/m0/s1. The van der Waals surface area contributed by atoms with Gasteiger partial charge in [0.25, 0.3) is 5.69 Å². The molecule has 2 aliphatic carbocycles. The van der Waals surface area contributed by atoms with E-state index in [1.807, 2.05) is 60.7 Å². The molecule has 3 aliphatic rings. The fourth-order valence-corrected chi connectivity index (χ4v) is 11.0. The molecular weight excluding hydrogens is 843 g/mol. The van der Waals surface area contributed by atoms with E-state index >= 15 is 0 Å². The van der Waals surface area contributed by atoms with E-state index < -0.39 is 10.7 Å². The second-order valence-electron chi connectivity index (χ2n) is 16.9. The molecule has 8 rings (SSSR count). The summed E-state index contributed by atoms with van der Waals surface area (Å²) in [6, 6.07) is 34.3. The topological polar surface area (TPSA) is 162 Å². The number of benzene rings is 5. The Balaban J connectivity index is 1.27. The molecule has 3 N–H and O–H groups in total. The summed E-state index contributed by atoms with van der Waals surface area (Å²) in [5, 5.41) is 40.9. The highest BCUT2D eigenvalue weighted by molar-refractivity contribution is 8.00. The molecule has 1 saturated carbocycles. The Labute approximate surface area is 383 Å². The summed E-state index contributed by atoms with van der Waals surface area (Å²) < 4.78 is 21.1. The molecule has 5 aromatic carbocycles. The molecule has 6 atom stereocenters. The van der Waals surface area contributed by atoms with Crippen LogP contribution >= 0.6 is 11.8 Å². The molecule has 1 fully saturated rings. The van der Waals surface area contributed by atoms with E-state index in [4.69, 9.17) is 24.2 Å². The largest absolute Gasteiger partial charge is 0.460 e. The Morgan fingerprint density at radius 1 is 0.938 bits per heavy atom. The van der Waals surface area contributed by atoms with Crippen molar-refractivity contribution in [3.8, 4) is 17.2 Å². The number of aliphatic hydroxyl groups excluding tert-OH is 2. The zero-order valence-corrected chi connectivity index (χ0v) is 37.3. The number of hydrogen-bond donors (Lipinski definition) is 3. The number of nitro groups is 1. The predicted molar refractivity (Wildman–Crippen MR) is 253 cm³/mol. The van der Waals surface area contributed by atoms with Gasteiger partial charge in [0.1, 0.15) is 23.9 Å². The molecule has 0 aromatic heterocycles. The molecule has 0 bridgehead atoms. The van der Waals surface area contributed by atoms with Crippen LogP contribution in [0.3, 0.4) is 0 Å². The second-order valence-corrected chi connectivity index (χ2v) is 18.2. The third-order valence-corrected chi connectivity index (χ3v) is 13.9. The van der Waals surface area contributed by atoms with Gasteiger partial charge in [0.05, 0.1) is 28.4 Å². The van der Waals surface area contributed by atoms with E-state index in [1.54, 1.807) is 30.0 Å². The van der Waals surface area contributed by atoms with E-state index in [-0.39, 0.29) is 66.9 Å². The maximum Gasteiger partial charge on any atom is 0.269 e. The summed E-state index contributed by atoms with van der Waals surface area (Å²) >= 11 is 1.61. The first-order chi connectivity index (χ1) is 31.7. The van der Waals surface area contributed by atoms with Crippen LogP contribution in [0.2, 0.25) is 0 Å². The number of nitro benzene ring substituents is 1. The molecule has 13 heteroatoms. The average molecular weight is 898 g/mol. The molecule has 0 radical (unpaired) electrons. The number of aliphatic hydroxyl groups is 2. The van der Waals surface area contributed by atoms with E-state index in [9.17, 15) is 25.1 Å². The van der Waals surface area contributed by atoms with Gasteiger partial charge in [-0.05, 0) is 126 Å². The van der Waals surface area contributed by atoms with Gasteiger partial charge in [-0.15, -0.1) is 18.3 Å². The number of hydrogen-bond acceptors (Lipinski definition) is 11. The van der Waals surface area contributed by atoms with Crippen molar-refractivity contribution in [1.82, 2.24) is 0 Å². The van der Waals surface area contributed by atoms with Crippen molar-refractivity contribution >= 4 is 45.5 Å². The number of non-ortho nitro benzene ring substituents is 1. The van der Waals surface area contributed by atoms with Crippen molar-refractivity contribution in [1.29, 1.82) is 0 Å². The van der Waals surface area contributed by atoms with Gasteiger partial charge in [0, 0.05) is 60.8 Å². The molecule has 12 nitrogen and oxygen atoms in total. The van der Waals surface area contributed by atoms with E-state index in [0.29, 0.717) is 42.2 Å². The van der Waals surface area contributed by atoms with Gasteiger partial charge >= 0.3 is 0 Å². The third kappa shape index (κ3) is 10.3. The highest BCUT2D eigenvalue weighted by Crippen LogP contribution is 2.63. The first-order valence-corrected chi connectivity index (χ1v) is 23.2. The zero-order chi connectivity index (χ0) is 45.3. The van der Waals surface area contributed by atoms with Crippen LogP contribution in [0.5, 0.6) is 17.2 Å².